The Hall–Kier alpha value is -5.86. The molecule has 0 heterocycles. The van der Waals surface area contributed by atoms with Gasteiger partial charge in [0.15, 0.2) is 0 Å². The van der Waals surface area contributed by atoms with Crippen molar-refractivity contribution >= 4 is 28.2 Å². The summed E-state index contributed by atoms with van der Waals surface area (Å²) in [6.45, 7) is 2.35. The molecule has 2 N–H and O–H groups in total. The Balaban J connectivity index is 1.33. The van der Waals surface area contributed by atoms with Crippen LogP contribution >= 0.6 is 0 Å². The first-order valence-corrected chi connectivity index (χ1v) is 17.7. The summed E-state index contributed by atoms with van der Waals surface area (Å²) in [6.07, 6.45) is 2.45. The van der Waals surface area contributed by atoms with Crippen LogP contribution in [0.2, 0.25) is 0 Å². The number of benzene rings is 7. The molecule has 242 valence electrons. The van der Waals surface area contributed by atoms with E-state index in [0.717, 1.165) is 11.4 Å². The van der Waals surface area contributed by atoms with Crippen LogP contribution in [-0.2, 0) is 5.41 Å². The van der Waals surface area contributed by atoms with E-state index in [1.54, 1.807) is 0 Å². The van der Waals surface area contributed by atoms with Crippen molar-refractivity contribution in [3.05, 3.63) is 197 Å². The highest BCUT2D eigenvalue weighted by atomic mass is 14.8. The molecule has 0 aromatic heterocycles. The molecule has 50 heavy (non-hydrogen) atoms. The summed E-state index contributed by atoms with van der Waals surface area (Å²) in [6, 6.07) is 59.1. The van der Waals surface area contributed by atoms with Crippen LogP contribution in [-0.4, -0.2) is 14.1 Å². The van der Waals surface area contributed by atoms with Crippen LogP contribution in [0.4, 0.5) is 11.4 Å². The molecular weight excluding hydrogens is 605 g/mol. The topological polar surface area (TPSA) is 24.1 Å². The van der Waals surface area contributed by atoms with Gasteiger partial charge < -0.3 is 10.6 Å². The quantitative estimate of drug-likeness (QED) is 0.180. The molecule has 0 spiro atoms. The molecule has 0 bridgehead atoms. The number of rotatable bonds is 7. The van der Waals surface area contributed by atoms with E-state index in [4.69, 9.17) is 0 Å². The molecule has 0 saturated carbocycles. The molecule has 1 atom stereocenters. The standard InChI is InChI=1S/C48H40N2/c1-31-26-36-28-35(34-19-18-32-12-10-11-13-33(32)27-34)20-23-41(36)46(31)48(37-14-6-4-7-15-37,38-16-8-5-9-17-38)47-44-29-39(49-2)21-24-42(44)43-25-22-40(50-3)30-45(43)47/h4-30,46-47,49-50H,1-3H3. The fraction of sp³-hybridized carbons (Fsp3) is 0.125. The Morgan fingerprint density at radius 2 is 1.00 bits per heavy atom. The van der Waals surface area contributed by atoms with E-state index < -0.39 is 5.41 Å². The van der Waals surface area contributed by atoms with Gasteiger partial charge in [0.25, 0.3) is 0 Å². The fourth-order valence-electron chi connectivity index (χ4n) is 9.18. The summed E-state index contributed by atoms with van der Waals surface area (Å²) in [5.74, 6) is 0.131. The maximum atomic E-state index is 3.46. The summed E-state index contributed by atoms with van der Waals surface area (Å²) in [5.41, 5.74) is 16.4. The van der Waals surface area contributed by atoms with Gasteiger partial charge >= 0.3 is 0 Å². The SMILES string of the molecule is CNc1ccc2c(c1)C(C(c1ccccc1)(c1ccccc1)C1C(C)=Cc3cc(-c4ccc5ccccc5c4)ccc31)c1cc(NC)ccc1-2. The van der Waals surface area contributed by atoms with Crippen LogP contribution < -0.4 is 10.6 Å². The third-order valence-corrected chi connectivity index (χ3v) is 11.3. The summed E-state index contributed by atoms with van der Waals surface area (Å²) < 4.78 is 0. The van der Waals surface area contributed by atoms with E-state index in [0.29, 0.717) is 0 Å². The minimum absolute atomic E-state index is 0.0402. The Labute approximate surface area is 295 Å². The van der Waals surface area contributed by atoms with Crippen molar-refractivity contribution in [3.63, 3.8) is 0 Å². The lowest BCUT2D eigenvalue weighted by atomic mass is 9.54. The fourth-order valence-corrected chi connectivity index (χ4v) is 9.18. The van der Waals surface area contributed by atoms with Crippen LogP contribution in [0.5, 0.6) is 0 Å². The van der Waals surface area contributed by atoms with E-state index in [2.05, 4.69) is 181 Å². The second kappa shape index (κ2) is 11.9. The zero-order valence-electron chi connectivity index (χ0n) is 28.7. The Morgan fingerprint density at radius 3 is 1.60 bits per heavy atom. The predicted molar refractivity (Wildman–Crippen MR) is 212 cm³/mol. The first-order valence-electron chi connectivity index (χ1n) is 17.7. The molecule has 7 aromatic rings. The Kier molecular flexibility index (Phi) is 7.21. The summed E-state index contributed by atoms with van der Waals surface area (Å²) in [7, 11) is 4.04. The van der Waals surface area contributed by atoms with Gasteiger partial charge in [-0.05, 0) is 110 Å². The molecule has 0 saturated heterocycles. The molecule has 0 amide bonds. The van der Waals surface area contributed by atoms with Gasteiger partial charge in [-0.3, -0.25) is 0 Å². The van der Waals surface area contributed by atoms with Crippen LogP contribution in [0.25, 0.3) is 39.1 Å². The average Bonchev–Trinajstić information content (AvgIpc) is 3.69. The van der Waals surface area contributed by atoms with Gasteiger partial charge in [0.2, 0.25) is 0 Å². The van der Waals surface area contributed by atoms with E-state index in [1.807, 2.05) is 14.1 Å². The molecule has 2 heteroatoms. The van der Waals surface area contributed by atoms with Crippen LogP contribution in [0.3, 0.4) is 0 Å². The van der Waals surface area contributed by atoms with Crippen molar-refractivity contribution in [2.24, 2.45) is 0 Å². The van der Waals surface area contributed by atoms with Crippen molar-refractivity contribution in [2.45, 2.75) is 24.2 Å². The van der Waals surface area contributed by atoms with E-state index in [-0.39, 0.29) is 11.8 Å². The van der Waals surface area contributed by atoms with Crippen molar-refractivity contribution in [1.82, 2.24) is 0 Å². The van der Waals surface area contributed by atoms with E-state index >= 15 is 0 Å². The van der Waals surface area contributed by atoms with E-state index in [9.17, 15) is 0 Å². The maximum Gasteiger partial charge on any atom is 0.0418 e. The molecule has 0 fully saturated rings. The maximum absolute atomic E-state index is 3.46. The minimum atomic E-state index is -0.461. The number of allylic oxidation sites excluding steroid dienone is 1. The van der Waals surface area contributed by atoms with Crippen LogP contribution in [0, 0.1) is 0 Å². The number of fused-ring (bicyclic) bond motifs is 5. The van der Waals surface area contributed by atoms with Crippen molar-refractivity contribution in [3.8, 4) is 22.3 Å². The lowest BCUT2D eigenvalue weighted by Crippen LogP contribution is -2.41. The first-order chi connectivity index (χ1) is 24.6. The highest BCUT2D eigenvalue weighted by Gasteiger charge is 2.54. The largest absolute Gasteiger partial charge is 0.388 e. The second-order valence-electron chi connectivity index (χ2n) is 13.9. The molecule has 2 nitrogen and oxygen atoms in total. The molecule has 2 aliphatic rings. The van der Waals surface area contributed by atoms with Gasteiger partial charge in [0.05, 0.1) is 0 Å². The lowest BCUT2D eigenvalue weighted by molar-refractivity contribution is 0.405. The van der Waals surface area contributed by atoms with Gasteiger partial charge in [0, 0.05) is 42.7 Å². The van der Waals surface area contributed by atoms with Crippen LogP contribution in [0.15, 0.2) is 163 Å². The van der Waals surface area contributed by atoms with Gasteiger partial charge in [-0.1, -0.05) is 133 Å². The highest BCUT2D eigenvalue weighted by Crippen LogP contribution is 2.64. The summed E-state index contributed by atoms with van der Waals surface area (Å²) in [5, 5.41) is 9.45. The number of nitrogens with one attached hydrogen (secondary N) is 2. The van der Waals surface area contributed by atoms with E-state index in [1.165, 1.54) is 72.0 Å². The normalized spacial score (nSPS) is 14.9. The number of hydrogen-bond donors (Lipinski definition) is 2. The van der Waals surface area contributed by atoms with Gasteiger partial charge in [-0.25, -0.2) is 0 Å². The Morgan fingerprint density at radius 1 is 0.460 bits per heavy atom. The van der Waals surface area contributed by atoms with Crippen molar-refractivity contribution in [2.75, 3.05) is 24.7 Å². The third-order valence-electron chi connectivity index (χ3n) is 11.3. The molecule has 0 radical (unpaired) electrons. The van der Waals surface area contributed by atoms with Crippen LogP contribution in [0.1, 0.15) is 52.1 Å². The van der Waals surface area contributed by atoms with Gasteiger partial charge in [-0.2, -0.15) is 0 Å². The minimum Gasteiger partial charge on any atom is -0.388 e. The van der Waals surface area contributed by atoms with Crippen molar-refractivity contribution < 1.29 is 0 Å². The number of hydrogen-bond acceptors (Lipinski definition) is 2. The smallest absolute Gasteiger partial charge is 0.0418 e. The molecule has 9 rings (SSSR count). The highest BCUT2D eigenvalue weighted by molar-refractivity contribution is 5.89. The molecule has 7 aromatic carbocycles. The van der Waals surface area contributed by atoms with Gasteiger partial charge in [-0.15, -0.1) is 0 Å². The number of anilines is 2. The summed E-state index contributed by atoms with van der Waals surface area (Å²) >= 11 is 0. The van der Waals surface area contributed by atoms with Gasteiger partial charge in [0.1, 0.15) is 0 Å². The Bertz CT molecular complexity index is 2330. The molecule has 2 aliphatic carbocycles. The van der Waals surface area contributed by atoms with Crippen molar-refractivity contribution in [1.29, 1.82) is 0 Å². The average molecular weight is 645 g/mol. The second-order valence-corrected chi connectivity index (χ2v) is 13.9. The predicted octanol–water partition coefficient (Wildman–Crippen LogP) is 11.9. The monoisotopic (exact) mass is 644 g/mol. The lowest BCUT2D eigenvalue weighted by Gasteiger charge is -2.47. The zero-order chi connectivity index (χ0) is 33.8. The zero-order valence-corrected chi connectivity index (χ0v) is 28.7. The molecular formula is C48H40N2. The first kappa shape index (κ1) is 30.2. The summed E-state index contributed by atoms with van der Waals surface area (Å²) in [4.78, 5) is 0. The molecule has 0 aliphatic heterocycles. The molecule has 1 unspecified atom stereocenters. The third kappa shape index (κ3) is 4.55.